The number of aryl methyl sites for hydroxylation is 6. The van der Waals surface area contributed by atoms with Gasteiger partial charge in [-0.2, -0.15) is 6.67 Å². The van der Waals surface area contributed by atoms with Crippen molar-refractivity contribution in [3.8, 4) is 0 Å². The second kappa shape index (κ2) is 21.5. The molecule has 2 aromatic carbocycles. The Morgan fingerprint density at radius 2 is 0.889 bits per heavy atom. The minimum absolute atomic E-state index is 0.520. The van der Waals surface area contributed by atoms with Crippen molar-refractivity contribution >= 4 is 42.4 Å². The Balaban J connectivity index is 0.000000217. The fourth-order valence-electron chi connectivity index (χ4n) is 11.6. The van der Waals surface area contributed by atoms with Crippen LogP contribution in [0.5, 0.6) is 0 Å². The van der Waals surface area contributed by atoms with Gasteiger partial charge in [0.25, 0.3) is 0 Å². The Labute approximate surface area is 347 Å². The predicted molar refractivity (Wildman–Crippen MR) is 242 cm³/mol. The van der Waals surface area contributed by atoms with Gasteiger partial charge in [-0.1, -0.05) is 74.9 Å². The van der Waals surface area contributed by atoms with E-state index in [4.69, 9.17) is 19.4 Å². The third kappa shape index (κ3) is 10.8. The standard InChI is InChI=1S/C29H43N2.C19H34P.2ClH.Ru/c1-9-11-13-26-27(14-12-10-2)31(29-24(7)17-21(4)18-25(29)8)19-30(26)28-22(5)15-20(3)16-23(28)6;1-20(17-11-5-2-6-12-17,18-13-7-3-8-14-18)19-15-9-4-10-16-19;;;/h15-19,26-27H,9-14H2,1-8H3;1,17-19H,2-16H2;2*1H;/q-1;+1;;;+2/p-2. The first-order valence-electron chi connectivity index (χ1n) is 22.3. The van der Waals surface area contributed by atoms with Gasteiger partial charge in [-0.15, -0.1) is 0 Å². The van der Waals surface area contributed by atoms with Gasteiger partial charge in [-0.25, -0.2) is 0 Å². The third-order valence-electron chi connectivity index (χ3n) is 13.8. The summed E-state index contributed by atoms with van der Waals surface area (Å²) in [5.74, 6) is 0. The van der Waals surface area contributed by atoms with Crippen LogP contribution in [0.4, 0.5) is 11.4 Å². The summed E-state index contributed by atoms with van der Waals surface area (Å²) in [4.78, 5) is 5.28. The second-order valence-corrected chi connectivity index (χ2v) is 28.6. The van der Waals surface area contributed by atoms with Gasteiger partial charge >= 0.3 is 158 Å². The average Bonchev–Trinajstić information content (AvgIpc) is 3.48. The molecule has 4 fully saturated rings. The summed E-state index contributed by atoms with van der Waals surface area (Å²) in [5.41, 5.74) is 14.1. The first-order valence-corrected chi connectivity index (χ1v) is 29.9. The fraction of sp³-hybridized carbons (Fsp3) is 0.708. The van der Waals surface area contributed by atoms with Crippen molar-refractivity contribution in [2.24, 2.45) is 0 Å². The van der Waals surface area contributed by atoms with Gasteiger partial charge < -0.3 is 9.80 Å². The molecule has 2 unspecified atom stereocenters. The normalized spacial score (nSPS) is 22.3. The van der Waals surface area contributed by atoms with Gasteiger partial charge in [0.05, 0.1) is 0 Å². The summed E-state index contributed by atoms with van der Waals surface area (Å²) in [6, 6.07) is 10.4. The Kier molecular flexibility index (Phi) is 17.8. The number of unbranched alkanes of at least 4 members (excludes halogenated alkanes) is 2. The summed E-state index contributed by atoms with van der Waals surface area (Å²) >= 11 is -1.68. The number of rotatable bonds is 12. The average molecular weight is 885 g/mol. The first kappa shape index (κ1) is 44.6. The molecule has 1 saturated heterocycles. The molecule has 0 aromatic heterocycles. The van der Waals surface area contributed by atoms with Gasteiger partial charge in [0.1, 0.15) is 0 Å². The molecule has 3 saturated carbocycles. The Morgan fingerprint density at radius 3 is 1.17 bits per heavy atom. The zero-order valence-corrected chi connectivity index (χ0v) is 39.8. The number of hydrogen-bond donors (Lipinski definition) is 0. The molecule has 2 aromatic rings. The third-order valence-corrected chi connectivity index (χ3v) is 25.3. The number of nitrogens with zero attached hydrogens (tertiary/aromatic N) is 2. The van der Waals surface area contributed by atoms with E-state index in [1.807, 2.05) is 0 Å². The Hall–Kier alpha value is -0.457. The molecule has 4 aliphatic rings. The summed E-state index contributed by atoms with van der Waals surface area (Å²) in [5, 5.41) is 0. The van der Waals surface area contributed by atoms with Crippen molar-refractivity contribution < 1.29 is 13.5 Å². The number of halogens is 2. The van der Waals surface area contributed by atoms with Crippen molar-refractivity contribution in [2.75, 3.05) is 9.80 Å². The summed E-state index contributed by atoms with van der Waals surface area (Å²) in [7, 11) is 12.1. The van der Waals surface area contributed by atoms with Crippen LogP contribution in [-0.4, -0.2) is 33.4 Å². The minimum atomic E-state index is -1.68. The number of benzene rings is 2. The topological polar surface area (TPSA) is 6.48 Å². The van der Waals surface area contributed by atoms with E-state index >= 15 is 0 Å². The van der Waals surface area contributed by atoms with Crippen molar-refractivity contribution in [3.63, 3.8) is 0 Å². The van der Waals surface area contributed by atoms with Crippen LogP contribution in [0.1, 0.15) is 182 Å². The van der Waals surface area contributed by atoms with E-state index < -0.39 is 20.8 Å². The van der Waals surface area contributed by atoms with Crippen LogP contribution >= 0.6 is 26.6 Å². The Bertz CT molecular complexity index is 1340. The van der Waals surface area contributed by atoms with E-state index in [1.54, 1.807) is 0 Å². The van der Waals surface area contributed by atoms with Gasteiger partial charge in [-0.3, -0.25) is 0 Å². The maximum atomic E-state index is 6.60. The predicted octanol–water partition coefficient (Wildman–Crippen LogP) is 15.8. The quantitative estimate of drug-likeness (QED) is 0.119. The van der Waals surface area contributed by atoms with E-state index in [1.165, 1.54) is 180 Å². The summed E-state index contributed by atoms with van der Waals surface area (Å²) in [6.45, 7) is 20.6. The number of anilines is 2. The van der Waals surface area contributed by atoms with E-state index in [0.717, 1.165) is 17.0 Å². The Morgan fingerprint density at radius 1 is 0.574 bits per heavy atom. The molecule has 0 radical (unpaired) electrons. The zero-order chi connectivity index (χ0) is 38.8. The fourth-order valence-corrected chi connectivity index (χ4v) is 27.2. The SMILES string of the molecule is CCCCC1C(CCCC)N(c2c(C)cc(C)cc2C)[CH-]N1c1c(C)cc(C)cc1C.[Cl][Ru]([Cl])=[CH][P+](C1CCCCC1)(C1CCCCC1)C1CCCCC1. The van der Waals surface area contributed by atoms with Gasteiger partial charge in [-0.05, 0) is 76.6 Å². The van der Waals surface area contributed by atoms with Crippen LogP contribution in [0.25, 0.3) is 0 Å². The molecule has 2 nitrogen and oxygen atoms in total. The van der Waals surface area contributed by atoms with E-state index in [-0.39, 0.29) is 0 Å². The van der Waals surface area contributed by atoms with E-state index in [0.29, 0.717) is 12.1 Å². The monoisotopic (exact) mass is 884 g/mol. The van der Waals surface area contributed by atoms with Crippen LogP contribution in [0.15, 0.2) is 24.3 Å². The van der Waals surface area contributed by atoms with Crippen LogP contribution in [0, 0.1) is 48.2 Å². The molecular formula is C48H77Cl2N2PRu. The molecule has 1 aliphatic heterocycles. The molecule has 54 heavy (non-hydrogen) atoms. The van der Waals surface area contributed by atoms with E-state index in [9.17, 15) is 0 Å². The molecular weight excluding hydrogens is 807 g/mol. The molecule has 1 heterocycles. The summed E-state index contributed by atoms with van der Waals surface area (Å²) < 4.78 is 2.71. The van der Waals surface area contributed by atoms with Crippen LogP contribution < -0.4 is 9.80 Å². The van der Waals surface area contributed by atoms with Crippen molar-refractivity contribution in [3.05, 3.63) is 64.3 Å². The van der Waals surface area contributed by atoms with Crippen LogP contribution in [-0.2, 0) is 13.5 Å². The summed E-state index contributed by atoms with van der Waals surface area (Å²) in [6.07, 6.45) is 29.7. The molecule has 306 valence electrons. The molecule has 6 rings (SSSR count). The van der Waals surface area contributed by atoms with Gasteiger partial charge in [0.2, 0.25) is 0 Å². The van der Waals surface area contributed by atoms with Gasteiger partial charge in [0.15, 0.2) is 0 Å². The van der Waals surface area contributed by atoms with Crippen molar-refractivity contribution in [2.45, 2.75) is 219 Å². The van der Waals surface area contributed by atoms with Crippen molar-refractivity contribution in [1.82, 2.24) is 0 Å². The van der Waals surface area contributed by atoms with Gasteiger partial charge in [0, 0.05) is 23.5 Å². The van der Waals surface area contributed by atoms with E-state index in [2.05, 4.69) is 100 Å². The molecule has 0 amide bonds. The molecule has 0 spiro atoms. The van der Waals surface area contributed by atoms with Crippen molar-refractivity contribution in [1.29, 1.82) is 0 Å². The zero-order valence-electron chi connectivity index (χ0n) is 35.7. The second-order valence-electron chi connectivity index (χ2n) is 17.9. The first-order chi connectivity index (χ1) is 26.0. The molecule has 0 bridgehead atoms. The van der Waals surface area contributed by atoms with Crippen LogP contribution in [0.3, 0.4) is 0 Å². The molecule has 2 atom stereocenters. The van der Waals surface area contributed by atoms with Crippen LogP contribution in [0.2, 0.25) is 0 Å². The molecule has 0 N–H and O–H groups in total. The maximum absolute atomic E-state index is 6.60. The molecule has 3 aliphatic carbocycles. The molecule has 6 heteroatoms. The number of hydrogen-bond acceptors (Lipinski definition) is 2.